The summed E-state index contributed by atoms with van der Waals surface area (Å²) in [5.74, 6) is 0.365. The molecule has 0 bridgehead atoms. The number of aryl methyl sites for hydroxylation is 1. The largest absolute Gasteiger partial charge is 0.252 e. The molecule has 16 heavy (non-hydrogen) atoms. The summed E-state index contributed by atoms with van der Waals surface area (Å²) < 4.78 is 26.0. The predicted molar refractivity (Wildman–Crippen MR) is 68.7 cm³/mol. The van der Waals surface area contributed by atoms with E-state index < -0.39 is 10.0 Å². The molecule has 0 aliphatic carbocycles. The van der Waals surface area contributed by atoms with Crippen molar-refractivity contribution < 1.29 is 8.42 Å². The van der Waals surface area contributed by atoms with Crippen molar-refractivity contribution in [2.24, 2.45) is 0 Å². The molecule has 92 valence electrons. The van der Waals surface area contributed by atoms with Crippen molar-refractivity contribution in [3.8, 4) is 0 Å². The van der Waals surface area contributed by atoms with E-state index in [9.17, 15) is 8.42 Å². The monoisotopic (exact) mass is 281 g/mol. The topological polar surface area (TPSA) is 37.4 Å². The Morgan fingerprint density at radius 3 is 2.56 bits per heavy atom. The van der Waals surface area contributed by atoms with E-state index in [1.54, 1.807) is 13.1 Å². The highest BCUT2D eigenvalue weighted by Gasteiger charge is 2.23. The average molecular weight is 282 g/mol. The third-order valence-corrected chi connectivity index (χ3v) is 6.29. The minimum Gasteiger partial charge on any atom is -0.206 e. The number of halogens is 1. The van der Waals surface area contributed by atoms with Gasteiger partial charge in [-0.05, 0) is 25.0 Å². The highest BCUT2D eigenvalue weighted by molar-refractivity contribution is 7.91. The average Bonchev–Trinajstić information content (AvgIpc) is 2.60. The summed E-state index contributed by atoms with van der Waals surface area (Å²) in [5.41, 5.74) is 0.948. The second-order valence-corrected chi connectivity index (χ2v) is 7.31. The molecule has 0 N–H and O–H groups in total. The lowest BCUT2D eigenvalue weighted by atomic mass is 10.3. The van der Waals surface area contributed by atoms with E-state index in [1.807, 2.05) is 13.8 Å². The Morgan fingerprint density at radius 2 is 2.12 bits per heavy atom. The minimum absolute atomic E-state index is 0.365. The molecule has 1 aromatic rings. The van der Waals surface area contributed by atoms with Gasteiger partial charge in [-0.1, -0.05) is 6.92 Å². The highest BCUT2D eigenvalue weighted by atomic mass is 35.5. The fraction of sp³-hybridized carbons (Fsp3) is 0.600. The van der Waals surface area contributed by atoms with Gasteiger partial charge in [0.2, 0.25) is 0 Å². The summed E-state index contributed by atoms with van der Waals surface area (Å²) in [6.07, 6.45) is 0.808. The van der Waals surface area contributed by atoms with E-state index >= 15 is 0 Å². The zero-order chi connectivity index (χ0) is 12.3. The van der Waals surface area contributed by atoms with E-state index in [0.29, 0.717) is 16.6 Å². The molecule has 0 aliphatic rings. The zero-order valence-corrected chi connectivity index (χ0v) is 12.0. The van der Waals surface area contributed by atoms with Crippen LogP contribution in [0.25, 0.3) is 0 Å². The summed E-state index contributed by atoms with van der Waals surface area (Å²) in [5, 5.41) is 0. The molecular formula is C10H16ClNO2S2. The Kier molecular flexibility index (Phi) is 4.79. The van der Waals surface area contributed by atoms with Gasteiger partial charge in [0.15, 0.2) is 0 Å². The number of nitrogens with zero attached hydrogens (tertiary/aromatic N) is 1. The maximum absolute atomic E-state index is 12.1. The number of alkyl halides is 1. The molecule has 3 nitrogen and oxygen atoms in total. The molecule has 0 aromatic carbocycles. The first-order chi connectivity index (χ1) is 7.43. The summed E-state index contributed by atoms with van der Waals surface area (Å²) in [6, 6.07) is 1.70. The van der Waals surface area contributed by atoms with Crippen molar-refractivity contribution in [1.82, 2.24) is 4.31 Å². The highest BCUT2D eigenvalue weighted by Crippen LogP contribution is 2.29. The van der Waals surface area contributed by atoms with Crippen LogP contribution in [-0.2, 0) is 15.9 Å². The molecule has 0 unspecified atom stereocenters. The number of hydrogen-bond donors (Lipinski definition) is 0. The zero-order valence-electron chi connectivity index (χ0n) is 9.66. The van der Waals surface area contributed by atoms with Gasteiger partial charge in [0.25, 0.3) is 10.0 Å². The first-order valence-corrected chi connectivity index (χ1v) is 7.84. The van der Waals surface area contributed by atoms with Crippen molar-refractivity contribution in [3.63, 3.8) is 0 Å². The molecule has 1 aromatic heterocycles. The Morgan fingerprint density at radius 1 is 1.50 bits per heavy atom. The fourth-order valence-corrected chi connectivity index (χ4v) is 4.63. The normalized spacial score (nSPS) is 12.3. The summed E-state index contributed by atoms with van der Waals surface area (Å²) in [6.45, 7) is 4.37. The van der Waals surface area contributed by atoms with Crippen molar-refractivity contribution >= 4 is 33.0 Å². The number of thiophene rings is 1. The van der Waals surface area contributed by atoms with E-state index in [0.717, 1.165) is 16.9 Å². The second-order valence-electron chi connectivity index (χ2n) is 3.63. The van der Waals surface area contributed by atoms with E-state index in [-0.39, 0.29) is 0 Å². The lowest BCUT2D eigenvalue weighted by Crippen LogP contribution is -2.26. The molecule has 0 saturated carbocycles. The first kappa shape index (κ1) is 14.0. The second kappa shape index (κ2) is 5.49. The Labute approximate surface area is 106 Å². The van der Waals surface area contributed by atoms with Crippen molar-refractivity contribution in [3.05, 3.63) is 16.5 Å². The quantitative estimate of drug-likeness (QED) is 0.779. The van der Waals surface area contributed by atoms with Crippen molar-refractivity contribution in [2.45, 2.75) is 30.4 Å². The third-order valence-electron chi connectivity index (χ3n) is 2.32. The van der Waals surface area contributed by atoms with Gasteiger partial charge in [-0.25, -0.2) is 12.7 Å². The molecule has 0 aliphatic heterocycles. The molecular weight excluding hydrogens is 266 g/mol. The molecule has 0 amide bonds. The van der Waals surface area contributed by atoms with Crippen LogP contribution in [0.15, 0.2) is 10.3 Å². The molecule has 1 rings (SSSR count). The Bertz CT molecular complexity index is 453. The van der Waals surface area contributed by atoms with Gasteiger partial charge in [0.1, 0.15) is 4.21 Å². The maximum Gasteiger partial charge on any atom is 0.252 e. The van der Waals surface area contributed by atoms with Crippen LogP contribution in [-0.4, -0.2) is 26.3 Å². The van der Waals surface area contributed by atoms with Gasteiger partial charge >= 0.3 is 0 Å². The van der Waals surface area contributed by atoms with Crippen molar-refractivity contribution in [1.29, 1.82) is 0 Å². The van der Waals surface area contributed by atoms with Crippen LogP contribution in [0.2, 0.25) is 0 Å². The number of hydrogen-bond acceptors (Lipinski definition) is 3. The van der Waals surface area contributed by atoms with Crippen LogP contribution >= 0.6 is 22.9 Å². The summed E-state index contributed by atoms with van der Waals surface area (Å²) in [4.78, 5) is 0.921. The Hall–Kier alpha value is -0.100. The van der Waals surface area contributed by atoms with Crippen molar-refractivity contribution in [2.75, 3.05) is 13.6 Å². The lowest BCUT2D eigenvalue weighted by Gasteiger charge is -2.14. The van der Waals surface area contributed by atoms with Crippen LogP contribution < -0.4 is 0 Å². The first-order valence-electron chi connectivity index (χ1n) is 5.05. The molecule has 0 atom stereocenters. The van der Waals surface area contributed by atoms with Gasteiger partial charge in [-0.15, -0.1) is 22.9 Å². The van der Waals surface area contributed by atoms with E-state index in [4.69, 9.17) is 11.6 Å². The van der Waals surface area contributed by atoms with Gasteiger partial charge in [0, 0.05) is 18.5 Å². The van der Waals surface area contributed by atoms with Gasteiger partial charge in [-0.3, -0.25) is 0 Å². The molecule has 0 fully saturated rings. The van der Waals surface area contributed by atoms with Crippen LogP contribution in [0.1, 0.15) is 23.8 Å². The van der Waals surface area contributed by atoms with Gasteiger partial charge in [0.05, 0.1) is 5.88 Å². The van der Waals surface area contributed by atoms with Crippen LogP contribution in [0, 0.1) is 6.92 Å². The van der Waals surface area contributed by atoms with Gasteiger partial charge < -0.3 is 0 Å². The predicted octanol–water partition coefficient (Wildman–Crippen LogP) is 2.83. The molecule has 0 radical (unpaired) electrons. The SMILES string of the molecule is CCCN(C)S(=O)(=O)c1cc(C)c(CCl)s1. The minimum atomic E-state index is -3.32. The van der Waals surface area contributed by atoms with Gasteiger partial charge in [-0.2, -0.15) is 0 Å². The molecule has 1 heterocycles. The van der Waals surface area contributed by atoms with E-state index in [2.05, 4.69) is 0 Å². The Balaban J connectivity index is 3.07. The standard InChI is InChI=1S/C10H16ClNO2S2/c1-4-5-12(3)16(13,14)10-6-8(2)9(7-11)15-10/h6H,4-5,7H2,1-3H3. The smallest absolute Gasteiger partial charge is 0.206 e. The van der Waals surface area contributed by atoms with E-state index in [1.165, 1.54) is 15.6 Å². The van der Waals surface area contributed by atoms with Crippen LogP contribution in [0.4, 0.5) is 0 Å². The fourth-order valence-electron chi connectivity index (χ4n) is 1.34. The maximum atomic E-state index is 12.1. The molecule has 0 spiro atoms. The third kappa shape index (κ3) is 2.77. The summed E-state index contributed by atoms with van der Waals surface area (Å²) >= 11 is 7.00. The van der Waals surface area contributed by atoms with Crippen LogP contribution in [0.5, 0.6) is 0 Å². The molecule has 0 saturated heterocycles. The number of rotatable bonds is 5. The lowest BCUT2D eigenvalue weighted by molar-refractivity contribution is 0.470. The van der Waals surface area contributed by atoms with Crippen LogP contribution in [0.3, 0.4) is 0 Å². The number of sulfonamides is 1. The molecule has 6 heteroatoms. The summed E-state index contributed by atoms with van der Waals surface area (Å²) in [7, 11) is -1.71.